The fourth-order valence-corrected chi connectivity index (χ4v) is 3.00. The second-order valence-corrected chi connectivity index (χ2v) is 7.95. The molecule has 0 aliphatic carbocycles. The van der Waals surface area contributed by atoms with Crippen LogP contribution in [-0.4, -0.2) is 24.6 Å². The monoisotopic (exact) mass is 422 g/mol. The molecule has 0 saturated heterocycles. The minimum absolute atomic E-state index is 0.0740. The number of nitrogen functional groups attached to an aromatic ring is 1. The molecule has 5 N–H and O–H groups in total. The predicted octanol–water partition coefficient (Wildman–Crippen LogP) is 3.71. The van der Waals surface area contributed by atoms with Gasteiger partial charge in [-0.15, -0.1) is 0 Å². The van der Waals surface area contributed by atoms with E-state index in [0.717, 1.165) is 6.26 Å². The molecule has 0 bridgehead atoms. The maximum atomic E-state index is 13.9. The smallest absolute Gasteiger partial charge is 0.229 e. The Morgan fingerprint density at radius 1 is 1.07 bits per heavy atom. The van der Waals surface area contributed by atoms with Crippen molar-refractivity contribution in [2.75, 3.05) is 27.3 Å². The minimum Gasteiger partial charge on any atom is -0.399 e. The zero-order valence-electron chi connectivity index (χ0n) is 14.6. The minimum atomic E-state index is -3.48. The molecule has 1 aromatic heterocycles. The van der Waals surface area contributed by atoms with Gasteiger partial charge < -0.3 is 16.4 Å². The van der Waals surface area contributed by atoms with Crippen molar-refractivity contribution in [3.63, 3.8) is 0 Å². The number of nitrogens with two attached hydrogens (primary N) is 1. The van der Waals surface area contributed by atoms with Crippen LogP contribution in [0.4, 0.5) is 38.9 Å². The van der Waals surface area contributed by atoms with Gasteiger partial charge in [0.15, 0.2) is 5.82 Å². The molecule has 0 fully saturated rings. The summed E-state index contributed by atoms with van der Waals surface area (Å²) in [5, 5.41) is 5.87. The van der Waals surface area contributed by atoms with Crippen LogP contribution in [-0.2, 0) is 10.0 Å². The molecule has 8 nitrogen and oxygen atoms in total. The van der Waals surface area contributed by atoms with Crippen molar-refractivity contribution in [1.29, 1.82) is 0 Å². The van der Waals surface area contributed by atoms with Crippen molar-refractivity contribution in [2.24, 2.45) is 0 Å². The Hall–Kier alpha value is -3.11. The van der Waals surface area contributed by atoms with Gasteiger partial charge in [0, 0.05) is 5.69 Å². The molecule has 3 rings (SSSR count). The number of nitrogens with one attached hydrogen (secondary N) is 3. The molecule has 2 aromatic carbocycles. The van der Waals surface area contributed by atoms with Crippen LogP contribution in [0, 0.1) is 5.82 Å². The molecule has 1 heterocycles. The molecule has 0 radical (unpaired) electrons. The summed E-state index contributed by atoms with van der Waals surface area (Å²) < 4.78 is 39.4. The van der Waals surface area contributed by atoms with Crippen molar-refractivity contribution < 1.29 is 12.8 Å². The van der Waals surface area contributed by atoms with Crippen molar-refractivity contribution >= 4 is 56.1 Å². The van der Waals surface area contributed by atoms with Gasteiger partial charge in [0.05, 0.1) is 29.5 Å². The van der Waals surface area contributed by atoms with Gasteiger partial charge in [-0.05, 0) is 30.3 Å². The Kier molecular flexibility index (Phi) is 5.52. The number of aromatic nitrogens is 2. The maximum Gasteiger partial charge on any atom is 0.229 e. The third kappa shape index (κ3) is 4.99. The van der Waals surface area contributed by atoms with Crippen LogP contribution in [0.15, 0.2) is 48.7 Å². The second-order valence-electron chi connectivity index (χ2n) is 5.80. The molecule has 0 aliphatic heterocycles. The number of halogens is 2. The molecule has 146 valence electrons. The molecular formula is C17H16ClFN6O2S. The highest BCUT2D eigenvalue weighted by molar-refractivity contribution is 7.92. The number of sulfonamides is 1. The van der Waals surface area contributed by atoms with Crippen LogP contribution in [0.25, 0.3) is 0 Å². The zero-order chi connectivity index (χ0) is 20.3. The van der Waals surface area contributed by atoms with Crippen LogP contribution in [0.5, 0.6) is 0 Å². The molecule has 0 aliphatic rings. The number of anilines is 6. The van der Waals surface area contributed by atoms with Crippen molar-refractivity contribution in [3.8, 4) is 0 Å². The lowest BCUT2D eigenvalue weighted by Gasteiger charge is -2.14. The number of benzene rings is 2. The molecular weight excluding hydrogens is 407 g/mol. The number of nitrogens with zero attached hydrogens (tertiary/aromatic N) is 2. The largest absolute Gasteiger partial charge is 0.399 e. The average molecular weight is 423 g/mol. The second kappa shape index (κ2) is 7.87. The van der Waals surface area contributed by atoms with Gasteiger partial charge in [-0.25, -0.2) is 17.8 Å². The van der Waals surface area contributed by atoms with E-state index in [1.807, 2.05) is 0 Å². The molecule has 0 atom stereocenters. The number of rotatable bonds is 6. The molecule has 0 amide bonds. The Bertz CT molecular complexity index is 1130. The summed E-state index contributed by atoms with van der Waals surface area (Å²) in [6, 6.07) is 10.7. The van der Waals surface area contributed by atoms with Crippen LogP contribution in [0.3, 0.4) is 0 Å². The highest BCUT2D eigenvalue weighted by Crippen LogP contribution is 2.30. The standard InChI is InChI=1S/C17H16ClFN6O2S/c1-28(26,27)25-14-5-3-2-4-13(14)22-16-11(18)9-21-17(24-16)23-15-8-10(20)6-7-12(15)19/h2-9,25H,20H2,1H3,(H2,21,22,23,24). The first-order valence-electron chi connectivity index (χ1n) is 7.90. The summed E-state index contributed by atoms with van der Waals surface area (Å²) in [4.78, 5) is 8.24. The van der Waals surface area contributed by atoms with Gasteiger partial charge >= 0.3 is 0 Å². The van der Waals surface area contributed by atoms with E-state index in [-0.39, 0.29) is 22.5 Å². The van der Waals surface area contributed by atoms with E-state index < -0.39 is 15.8 Å². The first kappa shape index (κ1) is 19.6. The third-order valence-electron chi connectivity index (χ3n) is 3.46. The molecule has 0 spiro atoms. The lowest BCUT2D eigenvalue weighted by molar-refractivity contribution is 0.607. The van der Waals surface area contributed by atoms with E-state index >= 15 is 0 Å². The van der Waals surface area contributed by atoms with E-state index in [4.69, 9.17) is 17.3 Å². The number of hydrogen-bond acceptors (Lipinski definition) is 7. The van der Waals surface area contributed by atoms with E-state index in [0.29, 0.717) is 17.1 Å². The molecule has 0 saturated carbocycles. The van der Waals surface area contributed by atoms with E-state index in [1.165, 1.54) is 24.4 Å². The predicted molar refractivity (Wildman–Crippen MR) is 109 cm³/mol. The van der Waals surface area contributed by atoms with Gasteiger partial charge in [0.25, 0.3) is 0 Å². The fourth-order valence-electron chi connectivity index (χ4n) is 2.28. The van der Waals surface area contributed by atoms with E-state index in [2.05, 4.69) is 25.3 Å². The van der Waals surface area contributed by atoms with E-state index in [9.17, 15) is 12.8 Å². The summed E-state index contributed by atoms with van der Waals surface area (Å²) in [6.07, 6.45) is 2.37. The zero-order valence-corrected chi connectivity index (χ0v) is 16.1. The SMILES string of the molecule is CS(=O)(=O)Nc1ccccc1Nc1nc(Nc2cc(N)ccc2F)ncc1Cl. The normalized spacial score (nSPS) is 11.1. The topological polar surface area (TPSA) is 122 Å². The summed E-state index contributed by atoms with van der Waals surface area (Å²) in [5.74, 6) is -0.249. The lowest BCUT2D eigenvalue weighted by atomic mass is 10.2. The lowest BCUT2D eigenvalue weighted by Crippen LogP contribution is -2.11. The summed E-state index contributed by atoms with van der Waals surface area (Å²) in [6.45, 7) is 0. The molecule has 11 heteroatoms. The maximum absolute atomic E-state index is 13.9. The first-order valence-corrected chi connectivity index (χ1v) is 10.2. The summed E-state index contributed by atoms with van der Waals surface area (Å²) in [5.41, 5.74) is 6.89. The molecule has 28 heavy (non-hydrogen) atoms. The van der Waals surface area contributed by atoms with Crippen LogP contribution < -0.4 is 21.1 Å². The van der Waals surface area contributed by atoms with Crippen molar-refractivity contribution in [3.05, 3.63) is 59.5 Å². The molecule has 3 aromatic rings. The van der Waals surface area contributed by atoms with Crippen molar-refractivity contribution in [1.82, 2.24) is 9.97 Å². The Labute approximate surface area is 166 Å². The highest BCUT2D eigenvalue weighted by atomic mass is 35.5. The van der Waals surface area contributed by atoms with Crippen LogP contribution in [0.1, 0.15) is 0 Å². The Morgan fingerprint density at radius 2 is 1.79 bits per heavy atom. The van der Waals surface area contributed by atoms with Crippen molar-refractivity contribution in [2.45, 2.75) is 0 Å². The van der Waals surface area contributed by atoms with E-state index in [1.54, 1.807) is 24.3 Å². The number of para-hydroxylation sites is 2. The Balaban J connectivity index is 1.90. The van der Waals surface area contributed by atoms with Gasteiger partial charge in [0.2, 0.25) is 16.0 Å². The highest BCUT2D eigenvalue weighted by Gasteiger charge is 2.12. The molecule has 0 unspecified atom stereocenters. The average Bonchev–Trinajstić information content (AvgIpc) is 2.61. The third-order valence-corrected chi connectivity index (χ3v) is 4.32. The van der Waals surface area contributed by atoms with Gasteiger partial charge in [-0.2, -0.15) is 4.98 Å². The van der Waals surface area contributed by atoms with Gasteiger partial charge in [-0.3, -0.25) is 4.72 Å². The fraction of sp³-hybridized carbons (Fsp3) is 0.0588. The Morgan fingerprint density at radius 3 is 2.50 bits per heavy atom. The first-order chi connectivity index (χ1) is 13.2. The summed E-state index contributed by atoms with van der Waals surface area (Å²) >= 11 is 6.14. The van der Waals surface area contributed by atoms with Crippen LogP contribution >= 0.6 is 11.6 Å². The van der Waals surface area contributed by atoms with Crippen LogP contribution in [0.2, 0.25) is 5.02 Å². The summed E-state index contributed by atoms with van der Waals surface area (Å²) in [7, 11) is -3.48. The number of hydrogen-bond donors (Lipinski definition) is 4. The van der Waals surface area contributed by atoms with Gasteiger partial charge in [-0.1, -0.05) is 23.7 Å². The quantitative estimate of drug-likeness (QED) is 0.446. The van der Waals surface area contributed by atoms with Gasteiger partial charge in [0.1, 0.15) is 10.8 Å².